The molecule has 0 saturated carbocycles. The summed E-state index contributed by atoms with van der Waals surface area (Å²) in [6.45, 7) is 2.00. The van der Waals surface area contributed by atoms with Crippen LogP contribution in [0, 0.1) is 6.92 Å². The molecule has 126 valence electrons. The minimum Gasteiger partial charge on any atom is -0.340 e. The zero-order chi connectivity index (χ0) is 17.6. The van der Waals surface area contributed by atoms with Crippen molar-refractivity contribution in [2.75, 3.05) is 10.6 Å². The van der Waals surface area contributed by atoms with Gasteiger partial charge in [0.1, 0.15) is 5.82 Å². The Balaban J connectivity index is 1.62. The van der Waals surface area contributed by atoms with E-state index < -0.39 is 0 Å². The number of hydrogen-bond acceptors (Lipinski definition) is 3. The van der Waals surface area contributed by atoms with Gasteiger partial charge in [-0.15, -0.1) is 0 Å². The molecule has 1 heterocycles. The fourth-order valence-electron chi connectivity index (χ4n) is 2.40. The van der Waals surface area contributed by atoms with Crippen molar-refractivity contribution in [3.05, 3.63) is 83.0 Å². The van der Waals surface area contributed by atoms with Crippen LogP contribution in [0.15, 0.2) is 66.9 Å². The monoisotopic (exact) mass is 351 g/mol. The first-order chi connectivity index (χ1) is 12.1. The van der Waals surface area contributed by atoms with E-state index in [-0.39, 0.29) is 5.91 Å². The maximum atomic E-state index is 12.1. The SMILES string of the molecule is Cc1ccc(Cl)cc1Nc1ccc(NC(=O)Cc2ccccc2)cn1. The molecule has 0 aliphatic carbocycles. The lowest BCUT2D eigenvalue weighted by molar-refractivity contribution is -0.115. The molecule has 0 bridgehead atoms. The summed E-state index contributed by atoms with van der Waals surface area (Å²) >= 11 is 6.02. The van der Waals surface area contributed by atoms with Gasteiger partial charge in [0.2, 0.25) is 5.91 Å². The summed E-state index contributed by atoms with van der Waals surface area (Å²) < 4.78 is 0. The summed E-state index contributed by atoms with van der Waals surface area (Å²) in [6, 6.07) is 18.9. The second kappa shape index (κ2) is 7.81. The van der Waals surface area contributed by atoms with Crippen LogP contribution in [0.2, 0.25) is 5.02 Å². The van der Waals surface area contributed by atoms with E-state index in [4.69, 9.17) is 11.6 Å². The maximum absolute atomic E-state index is 12.1. The molecule has 0 atom stereocenters. The highest BCUT2D eigenvalue weighted by Crippen LogP contribution is 2.23. The Labute approximate surface area is 151 Å². The van der Waals surface area contributed by atoms with Crippen molar-refractivity contribution >= 4 is 34.7 Å². The maximum Gasteiger partial charge on any atom is 0.228 e. The molecule has 2 N–H and O–H groups in total. The highest BCUT2D eigenvalue weighted by atomic mass is 35.5. The van der Waals surface area contributed by atoms with Crippen molar-refractivity contribution in [1.82, 2.24) is 4.98 Å². The number of halogens is 1. The Kier molecular flexibility index (Phi) is 5.31. The Morgan fingerprint density at radius 1 is 1.08 bits per heavy atom. The number of pyridine rings is 1. The van der Waals surface area contributed by atoms with Crippen LogP contribution >= 0.6 is 11.6 Å². The van der Waals surface area contributed by atoms with Gasteiger partial charge in [0.15, 0.2) is 0 Å². The van der Waals surface area contributed by atoms with Crippen molar-refractivity contribution < 1.29 is 4.79 Å². The molecular weight excluding hydrogens is 334 g/mol. The first kappa shape index (κ1) is 17.0. The van der Waals surface area contributed by atoms with Crippen LogP contribution in [-0.4, -0.2) is 10.9 Å². The largest absolute Gasteiger partial charge is 0.340 e. The van der Waals surface area contributed by atoms with Gasteiger partial charge in [0.25, 0.3) is 0 Å². The molecule has 25 heavy (non-hydrogen) atoms. The molecule has 1 aromatic heterocycles. The number of rotatable bonds is 5. The van der Waals surface area contributed by atoms with Crippen LogP contribution in [0.5, 0.6) is 0 Å². The third kappa shape index (κ3) is 4.81. The minimum atomic E-state index is -0.0700. The van der Waals surface area contributed by atoms with Gasteiger partial charge in [-0.25, -0.2) is 4.98 Å². The number of nitrogens with one attached hydrogen (secondary N) is 2. The van der Waals surface area contributed by atoms with E-state index in [2.05, 4.69) is 15.6 Å². The zero-order valence-corrected chi connectivity index (χ0v) is 14.5. The van der Waals surface area contributed by atoms with Crippen molar-refractivity contribution in [1.29, 1.82) is 0 Å². The van der Waals surface area contributed by atoms with E-state index in [0.717, 1.165) is 16.8 Å². The average molecular weight is 352 g/mol. The second-order valence-electron chi connectivity index (χ2n) is 5.73. The molecule has 3 aromatic rings. The van der Waals surface area contributed by atoms with E-state index in [1.807, 2.05) is 67.6 Å². The van der Waals surface area contributed by atoms with E-state index in [1.165, 1.54) is 0 Å². The van der Waals surface area contributed by atoms with Gasteiger partial charge in [-0.2, -0.15) is 0 Å². The standard InChI is InChI=1S/C20H18ClN3O/c1-14-7-8-16(21)12-18(14)24-19-10-9-17(13-22-19)23-20(25)11-15-5-3-2-4-6-15/h2-10,12-13H,11H2,1H3,(H,22,24)(H,23,25). The molecular formula is C20H18ClN3O. The lowest BCUT2D eigenvalue weighted by Crippen LogP contribution is -2.14. The molecule has 0 spiro atoms. The highest BCUT2D eigenvalue weighted by Gasteiger charge is 2.05. The second-order valence-corrected chi connectivity index (χ2v) is 6.16. The highest BCUT2D eigenvalue weighted by molar-refractivity contribution is 6.30. The van der Waals surface area contributed by atoms with Crippen molar-refractivity contribution in [2.24, 2.45) is 0 Å². The summed E-state index contributed by atoms with van der Waals surface area (Å²) in [5.74, 6) is 0.616. The molecule has 0 radical (unpaired) electrons. The van der Waals surface area contributed by atoms with Crippen LogP contribution in [0.3, 0.4) is 0 Å². The predicted octanol–water partition coefficient (Wildman–Crippen LogP) is 4.97. The summed E-state index contributed by atoms with van der Waals surface area (Å²) in [5.41, 5.74) is 3.62. The molecule has 5 heteroatoms. The minimum absolute atomic E-state index is 0.0700. The van der Waals surface area contributed by atoms with Crippen LogP contribution in [0.1, 0.15) is 11.1 Å². The van der Waals surface area contributed by atoms with Crippen LogP contribution in [-0.2, 0) is 11.2 Å². The fourth-order valence-corrected chi connectivity index (χ4v) is 2.57. The number of nitrogens with zero attached hydrogens (tertiary/aromatic N) is 1. The third-order valence-corrected chi connectivity index (χ3v) is 3.95. The average Bonchev–Trinajstić information content (AvgIpc) is 2.61. The molecule has 3 rings (SSSR count). The van der Waals surface area contributed by atoms with E-state index in [0.29, 0.717) is 22.9 Å². The Bertz CT molecular complexity index is 864. The summed E-state index contributed by atoms with van der Waals surface area (Å²) in [4.78, 5) is 16.4. The lowest BCUT2D eigenvalue weighted by Gasteiger charge is -2.10. The number of amides is 1. The van der Waals surface area contributed by atoms with Gasteiger partial charge in [-0.1, -0.05) is 48.0 Å². The van der Waals surface area contributed by atoms with E-state index >= 15 is 0 Å². The van der Waals surface area contributed by atoms with Crippen molar-refractivity contribution in [2.45, 2.75) is 13.3 Å². The fraction of sp³-hybridized carbons (Fsp3) is 0.100. The third-order valence-electron chi connectivity index (χ3n) is 3.72. The molecule has 4 nitrogen and oxygen atoms in total. The van der Waals surface area contributed by atoms with Crippen LogP contribution < -0.4 is 10.6 Å². The van der Waals surface area contributed by atoms with Gasteiger partial charge in [-0.3, -0.25) is 4.79 Å². The molecule has 0 saturated heterocycles. The molecule has 0 unspecified atom stereocenters. The number of hydrogen-bond donors (Lipinski definition) is 2. The smallest absolute Gasteiger partial charge is 0.228 e. The quantitative estimate of drug-likeness (QED) is 0.682. The van der Waals surface area contributed by atoms with Gasteiger partial charge in [0.05, 0.1) is 18.3 Å². The predicted molar refractivity (Wildman–Crippen MR) is 102 cm³/mol. The van der Waals surface area contributed by atoms with Crippen molar-refractivity contribution in [3.63, 3.8) is 0 Å². The number of aryl methyl sites for hydroxylation is 1. The number of carbonyl (C=O) groups is 1. The zero-order valence-electron chi connectivity index (χ0n) is 13.8. The number of carbonyl (C=O) groups excluding carboxylic acids is 1. The van der Waals surface area contributed by atoms with Gasteiger partial charge >= 0.3 is 0 Å². The molecule has 0 aliphatic rings. The lowest BCUT2D eigenvalue weighted by atomic mass is 10.1. The summed E-state index contributed by atoms with van der Waals surface area (Å²) in [5, 5.41) is 6.74. The van der Waals surface area contributed by atoms with E-state index in [1.54, 1.807) is 6.20 Å². The first-order valence-corrected chi connectivity index (χ1v) is 8.31. The topological polar surface area (TPSA) is 54.0 Å². The molecule has 2 aromatic carbocycles. The van der Waals surface area contributed by atoms with Crippen LogP contribution in [0.25, 0.3) is 0 Å². The Morgan fingerprint density at radius 2 is 1.88 bits per heavy atom. The van der Waals surface area contributed by atoms with Gasteiger partial charge in [-0.05, 0) is 42.3 Å². The first-order valence-electron chi connectivity index (χ1n) is 7.93. The molecule has 0 fully saturated rings. The van der Waals surface area contributed by atoms with Gasteiger partial charge < -0.3 is 10.6 Å². The Morgan fingerprint density at radius 3 is 2.60 bits per heavy atom. The van der Waals surface area contributed by atoms with E-state index in [9.17, 15) is 4.79 Å². The summed E-state index contributed by atoms with van der Waals surface area (Å²) in [6.07, 6.45) is 1.97. The number of aromatic nitrogens is 1. The number of benzene rings is 2. The molecule has 0 aliphatic heterocycles. The van der Waals surface area contributed by atoms with Gasteiger partial charge in [0, 0.05) is 10.7 Å². The van der Waals surface area contributed by atoms with Crippen molar-refractivity contribution in [3.8, 4) is 0 Å². The number of anilines is 3. The normalized spacial score (nSPS) is 10.3. The Hall–Kier alpha value is -2.85. The summed E-state index contributed by atoms with van der Waals surface area (Å²) in [7, 11) is 0. The van der Waals surface area contributed by atoms with Crippen LogP contribution in [0.4, 0.5) is 17.2 Å². The molecule has 1 amide bonds.